The van der Waals surface area contributed by atoms with Gasteiger partial charge in [0.25, 0.3) is 0 Å². The predicted octanol–water partition coefficient (Wildman–Crippen LogP) is 6.74. The normalized spacial score (nSPS) is 20.9. The number of likely N-dealkylation sites (tertiary alicyclic amines) is 1. The lowest BCUT2D eigenvalue weighted by molar-refractivity contribution is -0.189. The maximum atomic E-state index is 13.6. The first-order valence-corrected chi connectivity index (χ1v) is 13.9. The van der Waals surface area contributed by atoms with E-state index < -0.39 is 29.1 Å². The van der Waals surface area contributed by atoms with Crippen LogP contribution >= 0.6 is 0 Å². The molecule has 1 saturated carbocycles. The van der Waals surface area contributed by atoms with Crippen molar-refractivity contribution in [2.24, 2.45) is 11.3 Å². The Morgan fingerprint density at radius 3 is 2.23 bits per heavy atom. The van der Waals surface area contributed by atoms with Crippen molar-refractivity contribution in [1.82, 2.24) is 9.80 Å². The molecule has 0 spiro atoms. The molecule has 2 aliphatic rings. The van der Waals surface area contributed by atoms with E-state index in [4.69, 9.17) is 4.74 Å². The maximum absolute atomic E-state index is 13.6. The number of ether oxygens (including phenoxy) is 1. The minimum atomic E-state index is -4.90. The first-order valence-electron chi connectivity index (χ1n) is 13.9. The van der Waals surface area contributed by atoms with E-state index in [1.807, 2.05) is 83.2 Å². The third-order valence-electron chi connectivity index (χ3n) is 7.45. The highest BCUT2D eigenvalue weighted by atomic mass is 19.4. The molecule has 216 valence electrons. The molecule has 1 heterocycles. The van der Waals surface area contributed by atoms with Gasteiger partial charge in [-0.25, -0.2) is 4.79 Å². The number of benzene rings is 2. The summed E-state index contributed by atoms with van der Waals surface area (Å²) in [5.74, 6) is -2.18. The van der Waals surface area contributed by atoms with Crippen LogP contribution in [0.25, 0.3) is 6.08 Å². The van der Waals surface area contributed by atoms with Crippen molar-refractivity contribution in [1.29, 1.82) is 0 Å². The molecule has 4 rings (SSSR count). The first-order chi connectivity index (χ1) is 18.7. The Balaban J connectivity index is 1.38. The van der Waals surface area contributed by atoms with Crippen molar-refractivity contribution in [2.75, 3.05) is 19.6 Å². The standard InChI is InChI=1S/C32H39F3N2O3/c1-6-24(16-22-10-8-7-9-11-22)26-17-27(26)37(29(39)32(33,34)35)21-31(5)19-36(20-31)18-23-12-14-25(15-13-23)28(38)40-30(2,3)4/h7-16,26-27H,6,17-21H2,1-5H3/b24-16+/t26-,27+/m0/s1. The van der Waals surface area contributed by atoms with Gasteiger partial charge in [-0.1, -0.05) is 68.0 Å². The number of amides is 1. The third kappa shape index (κ3) is 7.53. The van der Waals surface area contributed by atoms with Gasteiger partial charge in [0.1, 0.15) is 5.60 Å². The number of carbonyl (C=O) groups excluding carboxylic acids is 2. The number of nitrogens with zero attached hydrogens (tertiary/aromatic N) is 2. The van der Waals surface area contributed by atoms with Crippen LogP contribution in [-0.4, -0.2) is 59.1 Å². The lowest BCUT2D eigenvalue weighted by Crippen LogP contribution is -2.60. The Bertz CT molecular complexity index is 1230. The minimum absolute atomic E-state index is 0.0558. The fraction of sp³-hybridized carbons (Fsp3) is 0.500. The maximum Gasteiger partial charge on any atom is 0.471 e. The SMILES string of the molecule is CC/C(=C\c1ccccc1)[C@@H]1C[C@H]1N(CC1(C)CN(Cc2ccc(C(=O)OC(C)(C)C)cc2)C1)C(=O)C(F)(F)F. The number of carbonyl (C=O) groups is 2. The van der Waals surface area contributed by atoms with Crippen molar-refractivity contribution >= 4 is 18.0 Å². The molecule has 2 fully saturated rings. The third-order valence-corrected chi connectivity index (χ3v) is 7.45. The van der Waals surface area contributed by atoms with Gasteiger partial charge in [-0.05, 0) is 56.9 Å². The molecule has 1 saturated heterocycles. The number of esters is 1. The van der Waals surface area contributed by atoms with Crippen LogP contribution in [0.2, 0.25) is 0 Å². The second kappa shape index (κ2) is 11.4. The highest BCUT2D eigenvalue weighted by Crippen LogP contribution is 2.46. The van der Waals surface area contributed by atoms with Gasteiger partial charge in [0.05, 0.1) is 5.56 Å². The van der Waals surface area contributed by atoms with E-state index in [0.29, 0.717) is 31.6 Å². The Morgan fingerprint density at radius 1 is 1.05 bits per heavy atom. The van der Waals surface area contributed by atoms with E-state index in [1.54, 1.807) is 12.1 Å². The molecule has 2 atom stereocenters. The Labute approximate surface area is 235 Å². The van der Waals surface area contributed by atoms with E-state index in [1.165, 1.54) is 0 Å². The smallest absolute Gasteiger partial charge is 0.456 e. The summed E-state index contributed by atoms with van der Waals surface area (Å²) in [4.78, 5) is 28.1. The van der Waals surface area contributed by atoms with Crippen LogP contribution in [0, 0.1) is 11.3 Å². The summed E-state index contributed by atoms with van der Waals surface area (Å²) < 4.78 is 46.3. The Kier molecular flexibility index (Phi) is 8.50. The van der Waals surface area contributed by atoms with Gasteiger partial charge in [0.15, 0.2) is 0 Å². The Morgan fingerprint density at radius 2 is 1.68 bits per heavy atom. The van der Waals surface area contributed by atoms with Crippen LogP contribution in [0.4, 0.5) is 13.2 Å². The average molecular weight is 557 g/mol. The van der Waals surface area contributed by atoms with Crippen LogP contribution in [0.1, 0.15) is 68.9 Å². The van der Waals surface area contributed by atoms with Crippen LogP contribution in [0.3, 0.4) is 0 Å². The fourth-order valence-corrected chi connectivity index (χ4v) is 5.66. The monoisotopic (exact) mass is 556 g/mol. The van der Waals surface area contributed by atoms with E-state index in [9.17, 15) is 22.8 Å². The van der Waals surface area contributed by atoms with Crippen LogP contribution in [0.15, 0.2) is 60.2 Å². The molecule has 8 heteroatoms. The molecule has 40 heavy (non-hydrogen) atoms. The summed E-state index contributed by atoms with van der Waals surface area (Å²) >= 11 is 0. The van der Waals surface area contributed by atoms with Crippen LogP contribution in [0.5, 0.6) is 0 Å². The van der Waals surface area contributed by atoms with Crippen molar-refractivity contribution in [3.05, 3.63) is 76.9 Å². The largest absolute Gasteiger partial charge is 0.471 e. The second-order valence-electron chi connectivity index (χ2n) is 12.5. The van der Waals surface area contributed by atoms with Gasteiger partial charge in [-0.15, -0.1) is 0 Å². The first kappa shape index (κ1) is 29.8. The topological polar surface area (TPSA) is 49.9 Å². The molecular formula is C32H39F3N2O3. The number of rotatable bonds is 9. The quantitative estimate of drug-likeness (QED) is 0.321. The molecular weight excluding hydrogens is 517 g/mol. The minimum Gasteiger partial charge on any atom is -0.456 e. The molecule has 1 aliphatic heterocycles. The van der Waals surface area contributed by atoms with E-state index in [0.717, 1.165) is 28.0 Å². The predicted molar refractivity (Wildman–Crippen MR) is 149 cm³/mol. The molecule has 1 amide bonds. The van der Waals surface area contributed by atoms with Gasteiger partial charge < -0.3 is 9.64 Å². The average Bonchev–Trinajstić information content (AvgIpc) is 3.64. The zero-order valence-corrected chi connectivity index (χ0v) is 23.9. The molecule has 2 aromatic rings. The summed E-state index contributed by atoms with van der Waals surface area (Å²) in [5.41, 5.74) is 2.56. The van der Waals surface area contributed by atoms with E-state index in [-0.39, 0.29) is 18.4 Å². The van der Waals surface area contributed by atoms with Gasteiger partial charge in [-0.3, -0.25) is 9.69 Å². The van der Waals surface area contributed by atoms with Gasteiger partial charge in [0.2, 0.25) is 0 Å². The molecule has 1 aliphatic carbocycles. The molecule has 2 aromatic carbocycles. The van der Waals surface area contributed by atoms with Crippen molar-refractivity contribution in [2.45, 2.75) is 71.8 Å². The summed E-state index contributed by atoms with van der Waals surface area (Å²) in [6, 6.07) is 16.5. The Hall–Kier alpha value is -3.13. The molecule has 0 bridgehead atoms. The number of hydrogen-bond donors (Lipinski definition) is 0. The van der Waals surface area contributed by atoms with Crippen molar-refractivity contribution in [3.63, 3.8) is 0 Å². The second-order valence-corrected chi connectivity index (χ2v) is 12.5. The van der Waals surface area contributed by atoms with Crippen molar-refractivity contribution in [3.8, 4) is 0 Å². The van der Waals surface area contributed by atoms with Gasteiger partial charge in [-0.2, -0.15) is 13.2 Å². The van der Waals surface area contributed by atoms with Crippen LogP contribution in [-0.2, 0) is 16.1 Å². The highest BCUT2D eigenvalue weighted by molar-refractivity contribution is 5.89. The summed E-state index contributed by atoms with van der Waals surface area (Å²) in [5, 5.41) is 0. The number of halogens is 3. The lowest BCUT2D eigenvalue weighted by atomic mass is 9.81. The fourth-order valence-electron chi connectivity index (χ4n) is 5.66. The molecule has 0 N–H and O–H groups in total. The van der Waals surface area contributed by atoms with Crippen LogP contribution < -0.4 is 0 Å². The lowest BCUT2D eigenvalue weighted by Gasteiger charge is -2.50. The van der Waals surface area contributed by atoms with E-state index >= 15 is 0 Å². The number of hydrogen-bond acceptors (Lipinski definition) is 4. The molecule has 0 aromatic heterocycles. The zero-order valence-electron chi connectivity index (χ0n) is 23.9. The summed E-state index contributed by atoms with van der Waals surface area (Å²) in [7, 11) is 0. The zero-order chi connectivity index (χ0) is 29.3. The van der Waals surface area contributed by atoms with Crippen molar-refractivity contribution < 1.29 is 27.5 Å². The summed E-state index contributed by atoms with van der Waals surface area (Å²) in [6.07, 6.45) is -1.58. The van der Waals surface area contributed by atoms with E-state index in [2.05, 4.69) is 4.90 Å². The summed E-state index contributed by atoms with van der Waals surface area (Å²) in [6.45, 7) is 11.3. The van der Waals surface area contributed by atoms with Gasteiger partial charge in [0, 0.05) is 43.6 Å². The highest BCUT2D eigenvalue weighted by Gasteiger charge is 2.54. The van der Waals surface area contributed by atoms with Gasteiger partial charge >= 0.3 is 18.1 Å². The number of alkyl halides is 3. The molecule has 0 unspecified atom stereocenters. The molecule has 5 nitrogen and oxygen atoms in total. The molecule has 0 radical (unpaired) electrons.